The Bertz CT molecular complexity index is 485. The van der Waals surface area contributed by atoms with Gasteiger partial charge in [0.25, 0.3) is 0 Å². The van der Waals surface area contributed by atoms with Crippen LogP contribution in [0.25, 0.3) is 0 Å². The first-order valence-corrected chi connectivity index (χ1v) is 7.19. The van der Waals surface area contributed by atoms with Crippen LogP contribution in [0.5, 0.6) is 5.75 Å². The fourth-order valence-corrected chi connectivity index (χ4v) is 3.53. The Kier molecular flexibility index (Phi) is 4.17. The van der Waals surface area contributed by atoms with Gasteiger partial charge in [-0.05, 0) is 25.7 Å². The molecule has 3 N–H and O–H groups in total. The second-order valence-corrected chi connectivity index (χ2v) is 5.86. The third kappa shape index (κ3) is 2.62. The molecule has 1 fully saturated rings. The quantitative estimate of drug-likeness (QED) is 0.883. The molecule has 1 unspecified atom stereocenters. The molecule has 2 heterocycles. The van der Waals surface area contributed by atoms with E-state index < -0.39 is 0 Å². The number of hydrogen-bond acceptors (Lipinski definition) is 6. The third-order valence-electron chi connectivity index (χ3n) is 3.70. The molecule has 1 aromatic heterocycles. The highest BCUT2D eigenvalue weighted by Crippen LogP contribution is 2.45. The van der Waals surface area contributed by atoms with Gasteiger partial charge < -0.3 is 20.5 Å². The van der Waals surface area contributed by atoms with Crippen LogP contribution in [0.3, 0.4) is 0 Å². The monoisotopic (exact) mass is 281 g/mol. The SMILES string of the molecule is COc1c(N2CCC(C(C)O)CC2)sc(C#N)c1N. The number of thiophene rings is 1. The van der Waals surface area contributed by atoms with Gasteiger partial charge in [0, 0.05) is 13.1 Å². The highest BCUT2D eigenvalue weighted by Gasteiger charge is 2.27. The maximum absolute atomic E-state index is 9.62. The van der Waals surface area contributed by atoms with Crippen LogP contribution in [-0.4, -0.2) is 31.4 Å². The number of nitriles is 1. The van der Waals surface area contributed by atoms with Crippen molar-refractivity contribution in [1.29, 1.82) is 5.26 Å². The van der Waals surface area contributed by atoms with Crippen LogP contribution in [0.2, 0.25) is 0 Å². The maximum Gasteiger partial charge on any atom is 0.177 e. The number of aliphatic hydroxyl groups is 1. The summed E-state index contributed by atoms with van der Waals surface area (Å²) in [5.74, 6) is 0.965. The Morgan fingerprint density at radius 3 is 2.63 bits per heavy atom. The van der Waals surface area contributed by atoms with Crippen LogP contribution >= 0.6 is 11.3 Å². The fourth-order valence-electron chi connectivity index (χ4n) is 2.49. The van der Waals surface area contributed by atoms with Gasteiger partial charge >= 0.3 is 0 Å². The zero-order valence-electron chi connectivity index (χ0n) is 11.2. The van der Waals surface area contributed by atoms with Crippen LogP contribution in [0.15, 0.2) is 0 Å². The minimum Gasteiger partial charge on any atom is -0.492 e. The number of nitrogen functional groups attached to an aromatic ring is 1. The smallest absolute Gasteiger partial charge is 0.177 e. The summed E-state index contributed by atoms with van der Waals surface area (Å²) in [7, 11) is 1.58. The summed E-state index contributed by atoms with van der Waals surface area (Å²) < 4.78 is 5.33. The number of rotatable bonds is 3. The van der Waals surface area contributed by atoms with Gasteiger partial charge in [-0.3, -0.25) is 0 Å². The molecular formula is C13H19N3O2S. The molecule has 0 aliphatic carbocycles. The Morgan fingerprint density at radius 1 is 1.53 bits per heavy atom. The lowest BCUT2D eigenvalue weighted by atomic mass is 9.92. The standard InChI is InChI=1S/C13H19N3O2S/c1-8(17)9-3-5-16(6-4-9)13-12(18-2)11(15)10(7-14)19-13/h8-9,17H,3-6,15H2,1-2H3. The lowest BCUT2D eigenvalue weighted by molar-refractivity contribution is 0.110. The molecule has 1 aromatic rings. The minimum atomic E-state index is -0.257. The van der Waals surface area contributed by atoms with Gasteiger partial charge in [0.2, 0.25) is 0 Å². The third-order valence-corrected chi connectivity index (χ3v) is 4.85. The second-order valence-electron chi connectivity index (χ2n) is 4.86. The van der Waals surface area contributed by atoms with Crippen molar-refractivity contribution < 1.29 is 9.84 Å². The van der Waals surface area contributed by atoms with E-state index in [0.29, 0.717) is 22.2 Å². The fraction of sp³-hybridized carbons (Fsp3) is 0.615. The summed E-state index contributed by atoms with van der Waals surface area (Å²) in [4.78, 5) is 2.70. The molecular weight excluding hydrogens is 262 g/mol. The molecule has 0 amide bonds. The first-order valence-electron chi connectivity index (χ1n) is 6.37. The predicted octanol–water partition coefficient (Wildman–Crippen LogP) is 1.81. The lowest BCUT2D eigenvalue weighted by Gasteiger charge is -2.34. The van der Waals surface area contributed by atoms with Crippen molar-refractivity contribution in [2.45, 2.75) is 25.9 Å². The Balaban J connectivity index is 2.18. The number of nitrogens with zero attached hydrogens (tertiary/aromatic N) is 2. The van der Waals surface area contributed by atoms with Crippen molar-refractivity contribution in [2.24, 2.45) is 5.92 Å². The van der Waals surface area contributed by atoms with Gasteiger partial charge in [0.15, 0.2) is 5.75 Å². The van der Waals surface area contributed by atoms with Crippen molar-refractivity contribution >= 4 is 22.0 Å². The second kappa shape index (κ2) is 5.68. The molecule has 5 nitrogen and oxygen atoms in total. The van der Waals surface area contributed by atoms with Crippen molar-refractivity contribution in [2.75, 3.05) is 30.8 Å². The normalized spacial score (nSPS) is 18.1. The lowest BCUT2D eigenvalue weighted by Crippen LogP contribution is -2.36. The highest BCUT2D eigenvalue weighted by atomic mass is 32.1. The molecule has 6 heteroatoms. The Morgan fingerprint density at radius 2 is 2.16 bits per heavy atom. The molecule has 19 heavy (non-hydrogen) atoms. The molecule has 0 aromatic carbocycles. The summed E-state index contributed by atoms with van der Waals surface area (Å²) in [5.41, 5.74) is 6.34. The van der Waals surface area contributed by atoms with Crippen molar-refractivity contribution in [1.82, 2.24) is 0 Å². The van der Waals surface area contributed by atoms with E-state index in [1.54, 1.807) is 7.11 Å². The van der Waals surface area contributed by atoms with Gasteiger partial charge in [-0.25, -0.2) is 0 Å². The summed E-state index contributed by atoms with van der Waals surface area (Å²) >= 11 is 1.38. The molecule has 0 bridgehead atoms. The summed E-state index contributed by atoms with van der Waals surface area (Å²) in [6.07, 6.45) is 1.63. The molecule has 1 aliphatic rings. The van der Waals surface area contributed by atoms with Gasteiger partial charge in [0.05, 0.1) is 13.2 Å². The molecule has 1 atom stereocenters. The molecule has 0 spiro atoms. The number of hydrogen-bond donors (Lipinski definition) is 2. The molecule has 1 saturated heterocycles. The van der Waals surface area contributed by atoms with E-state index in [-0.39, 0.29) is 6.10 Å². The zero-order chi connectivity index (χ0) is 14.0. The summed E-state index contributed by atoms with van der Waals surface area (Å²) in [5, 5.41) is 19.6. The summed E-state index contributed by atoms with van der Waals surface area (Å²) in [6, 6.07) is 2.10. The largest absolute Gasteiger partial charge is 0.492 e. The van der Waals surface area contributed by atoms with Crippen molar-refractivity contribution in [3.8, 4) is 11.8 Å². The predicted molar refractivity (Wildman–Crippen MR) is 76.6 cm³/mol. The summed E-state index contributed by atoms with van der Waals surface area (Å²) in [6.45, 7) is 3.56. The van der Waals surface area contributed by atoms with Crippen LogP contribution in [-0.2, 0) is 0 Å². The molecule has 2 rings (SSSR count). The number of aliphatic hydroxyl groups excluding tert-OH is 1. The van der Waals surface area contributed by atoms with Gasteiger partial charge in [0.1, 0.15) is 21.6 Å². The van der Waals surface area contributed by atoms with Crippen molar-refractivity contribution in [3.63, 3.8) is 0 Å². The average Bonchev–Trinajstić information content (AvgIpc) is 2.75. The van der Waals surface area contributed by atoms with Crippen LogP contribution < -0.4 is 15.4 Å². The number of methoxy groups -OCH3 is 1. The Hall–Kier alpha value is -1.45. The van der Waals surface area contributed by atoms with E-state index in [1.807, 2.05) is 6.92 Å². The van der Waals surface area contributed by atoms with Crippen LogP contribution in [0.4, 0.5) is 10.7 Å². The highest BCUT2D eigenvalue weighted by molar-refractivity contribution is 7.17. The molecule has 1 aliphatic heterocycles. The van der Waals surface area contributed by atoms with Gasteiger partial charge in [-0.15, -0.1) is 11.3 Å². The van der Waals surface area contributed by atoms with Crippen LogP contribution in [0.1, 0.15) is 24.6 Å². The Labute approximate surface area is 117 Å². The van der Waals surface area contributed by atoms with Crippen molar-refractivity contribution in [3.05, 3.63) is 4.88 Å². The molecule has 104 valence electrons. The van der Waals surface area contributed by atoms with Crippen LogP contribution in [0, 0.1) is 17.2 Å². The van der Waals surface area contributed by atoms with E-state index >= 15 is 0 Å². The number of anilines is 2. The number of piperidine rings is 1. The number of nitrogens with two attached hydrogens (primary N) is 1. The minimum absolute atomic E-state index is 0.257. The van der Waals surface area contributed by atoms with Gasteiger partial charge in [-0.2, -0.15) is 5.26 Å². The van der Waals surface area contributed by atoms with E-state index in [9.17, 15) is 5.11 Å². The molecule has 0 saturated carbocycles. The first-order chi connectivity index (χ1) is 9.08. The van der Waals surface area contributed by atoms with E-state index in [4.69, 9.17) is 15.7 Å². The maximum atomic E-state index is 9.62. The topological polar surface area (TPSA) is 82.5 Å². The van der Waals surface area contributed by atoms with E-state index in [0.717, 1.165) is 30.9 Å². The number of ether oxygens (including phenoxy) is 1. The zero-order valence-corrected chi connectivity index (χ0v) is 12.0. The van der Waals surface area contributed by atoms with E-state index in [2.05, 4.69) is 11.0 Å². The van der Waals surface area contributed by atoms with E-state index in [1.165, 1.54) is 11.3 Å². The molecule has 0 radical (unpaired) electrons. The van der Waals surface area contributed by atoms with Gasteiger partial charge in [-0.1, -0.05) is 0 Å². The average molecular weight is 281 g/mol. The first kappa shape index (κ1) is 14.0.